The van der Waals surface area contributed by atoms with Crippen LogP contribution in [0.5, 0.6) is 0 Å². The van der Waals surface area contributed by atoms with Crippen molar-refractivity contribution in [3.05, 3.63) is 133 Å². The Morgan fingerprint density at radius 1 is 0.709 bits per heavy atom. The summed E-state index contributed by atoms with van der Waals surface area (Å²) < 4.78 is 3.52. The van der Waals surface area contributed by atoms with Crippen molar-refractivity contribution in [3.8, 4) is 11.3 Å². The van der Waals surface area contributed by atoms with E-state index in [4.69, 9.17) is 10.3 Å². The summed E-state index contributed by atoms with van der Waals surface area (Å²) in [6.07, 6.45) is 2.21. The molecule has 0 aliphatic rings. The van der Waals surface area contributed by atoms with Crippen LogP contribution in [-0.4, -0.2) is 51.8 Å². The summed E-state index contributed by atoms with van der Waals surface area (Å²) in [4.78, 5) is 6.79. The van der Waals surface area contributed by atoms with Gasteiger partial charge < -0.3 is 25.8 Å². The van der Waals surface area contributed by atoms with Crippen LogP contribution in [0.1, 0.15) is 136 Å². The summed E-state index contributed by atoms with van der Waals surface area (Å²) in [6, 6.07) is 19.8. The topological polar surface area (TPSA) is 74.2 Å². The molecule has 2 aromatic heterocycles. The van der Waals surface area contributed by atoms with Gasteiger partial charge in [0.05, 0.1) is 11.5 Å². The van der Waals surface area contributed by atoms with Crippen molar-refractivity contribution in [2.45, 2.75) is 99.0 Å². The van der Waals surface area contributed by atoms with Gasteiger partial charge in [-0.15, -0.1) is 17.0 Å². The summed E-state index contributed by atoms with van der Waals surface area (Å²) in [5.74, 6) is 2.28. The Labute approximate surface area is 358 Å². The molecule has 5 aromatic rings. The molecule has 0 bridgehead atoms. The average Bonchev–Trinajstić information content (AvgIpc) is 3.65. The van der Waals surface area contributed by atoms with E-state index in [-0.39, 0.29) is 31.9 Å². The first-order chi connectivity index (χ1) is 25.5. The van der Waals surface area contributed by atoms with Gasteiger partial charge >= 0.3 is 25.8 Å². The number of rotatable bonds is 10. The second kappa shape index (κ2) is 24.0. The number of benzene rings is 3. The van der Waals surface area contributed by atoms with E-state index >= 15 is 0 Å². The molecule has 0 aliphatic carbocycles. The number of para-hydroxylation sites is 1. The molecule has 6 nitrogen and oxygen atoms in total. The first kappa shape index (κ1) is 50.1. The van der Waals surface area contributed by atoms with Crippen LogP contribution >= 0.6 is 11.3 Å². The Hall–Kier alpha value is -2.88. The Balaban J connectivity index is 0.00000138. The fourth-order valence-corrected chi connectivity index (χ4v) is 7.67. The maximum atomic E-state index is 5.84. The Morgan fingerprint density at radius 2 is 1.16 bits per heavy atom. The van der Waals surface area contributed by atoms with Gasteiger partial charge in [0.25, 0.3) is 0 Å². The number of imidazole rings is 1. The van der Waals surface area contributed by atoms with Crippen molar-refractivity contribution < 1.29 is 25.8 Å². The number of fused-ring (bicyclic) bond motifs is 1. The zero-order valence-corrected chi connectivity index (χ0v) is 41.4. The SMILES string of the molecule is C=C(C)c1cc(C(C)C)c(C([N-]c2c(C(C)C)cccc2C(C)C)c2nc(-c3c(C)sc4ccccc34)cn2C)c(C(C)C)c1.C[N-]C.C[N-]C.C[N-]C.[Hf+4]. The Morgan fingerprint density at radius 3 is 1.60 bits per heavy atom. The van der Waals surface area contributed by atoms with Crippen LogP contribution in [-0.2, 0) is 32.9 Å². The monoisotopic (exact) mass is 928 g/mol. The molecule has 0 radical (unpaired) electrons. The maximum absolute atomic E-state index is 5.84. The van der Waals surface area contributed by atoms with Crippen LogP contribution in [0, 0.1) is 6.92 Å². The van der Waals surface area contributed by atoms with E-state index in [9.17, 15) is 0 Å². The molecule has 0 aliphatic heterocycles. The third-order valence-corrected chi connectivity index (χ3v) is 10.1. The van der Waals surface area contributed by atoms with Crippen LogP contribution in [0.3, 0.4) is 0 Å². The van der Waals surface area contributed by atoms with E-state index in [2.05, 4.69) is 164 Å². The van der Waals surface area contributed by atoms with Crippen molar-refractivity contribution in [1.29, 1.82) is 0 Å². The van der Waals surface area contributed by atoms with Crippen molar-refractivity contribution in [2.75, 3.05) is 42.3 Å². The zero-order chi connectivity index (χ0) is 40.9. The third-order valence-electron chi connectivity index (χ3n) is 9.04. The van der Waals surface area contributed by atoms with Crippen LogP contribution in [0.15, 0.2) is 67.4 Å². The number of nitrogens with zero attached hydrogens (tertiary/aromatic N) is 6. The van der Waals surface area contributed by atoms with E-state index in [1.54, 1.807) is 42.3 Å². The Bertz CT molecular complexity index is 1860. The molecule has 0 fully saturated rings. The number of hydrogen-bond donors (Lipinski definition) is 0. The van der Waals surface area contributed by atoms with Crippen LogP contribution in [0.25, 0.3) is 48.2 Å². The van der Waals surface area contributed by atoms with Gasteiger partial charge in [-0.05, 0) is 71.9 Å². The summed E-state index contributed by atoms with van der Waals surface area (Å²) in [5, 5.41) is 17.6. The molecule has 55 heavy (non-hydrogen) atoms. The van der Waals surface area contributed by atoms with E-state index in [1.165, 1.54) is 53.9 Å². The molecule has 0 spiro atoms. The number of hydrogen-bond acceptors (Lipinski definition) is 2. The average molecular weight is 928 g/mol. The molecule has 8 heteroatoms. The predicted octanol–water partition coefficient (Wildman–Crippen LogP) is 14.8. The molecule has 0 saturated heterocycles. The van der Waals surface area contributed by atoms with E-state index in [0.29, 0.717) is 23.7 Å². The van der Waals surface area contributed by atoms with Crippen molar-refractivity contribution in [1.82, 2.24) is 9.55 Å². The minimum Gasteiger partial charge on any atom is -0.671 e. The molecule has 1 unspecified atom stereocenters. The summed E-state index contributed by atoms with van der Waals surface area (Å²) >= 11 is 1.84. The zero-order valence-electron chi connectivity index (χ0n) is 37.0. The maximum Gasteiger partial charge on any atom is 4.00 e. The number of aryl methyl sites for hydroxylation is 2. The van der Waals surface area contributed by atoms with Crippen LogP contribution in [0.2, 0.25) is 0 Å². The molecular formula is C47H68HfN6S. The standard InChI is InChI=1S/C41H50N3S.3C2H6N.Hf/c1-23(2)29-20-33(26(7)8)38(34(21-29)27(9)10)40(43-39-30(24(3)4)17-15-18-31(39)25(5)6)41-42-35(22-44(41)12)37-28(11)45-36-19-14-13-16-32(36)37;3*1-3-2;/h13-22,24-27,40H,1H2,2-12H3;3*1-2H3;/q4*-1;+4. The van der Waals surface area contributed by atoms with Gasteiger partial charge in [0, 0.05) is 33.8 Å². The second-order valence-corrected chi connectivity index (χ2v) is 16.5. The number of aromatic nitrogens is 2. The van der Waals surface area contributed by atoms with E-state index in [1.807, 2.05) is 11.3 Å². The quantitative estimate of drug-likeness (QED) is 0.129. The molecule has 2 heterocycles. The van der Waals surface area contributed by atoms with E-state index < -0.39 is 0 Å². The van der Waals surface area contributed by atoms with Crippen molar-refractivity contribution in [3.63, 3.8) is 0 Å². The molecule has 5 rings (SSSR count). The largest absolute Gasteiger partial charge is 4.00 e. The van der Waals surface area contributed by atoms with Gasteiger partial charge in [0.2, 0.25) is 0 Å². The van der Waals surface area contributed by atoms with E-state index in [0.717, 1.165) is 22.8 Å². The van der Waals surface area contributed by atoms with Gasteiger partial charge in [0.1, 0.15) is 0 Å². The first-order valence-corrected chi connectivity index (χ1v) is 20.0. The van der Waals surface area contributed by atoms with Gasteiger partial charge in [-0.25, -0.2) is 4.98 Å². The van der Waals surface area contributed by atoms with Crippen molar-refractivity contribution >= 4 is 32.7 Å². The summed E-state index contributed by atoms with van der Waals surface area (Å²) in [5.41, 5.74) is 12.2. The molecule has 296 valence electrons. The van der Waals surface area contributed by atoms with Gasteiger partial charge in [-0.1, -0.05) is 127 Å². The molecule has 0 saturated carbocycles. The molecule has 3 aromatic carbocycles. The van der Waals surface area contributed by atoms with Crippen molar-refractivity contribution in [2.24, 2.45) is 7.05 Å². The number of allylic oxidation sites excluding steroid dienone is 1. The van der Waals surface area contributed by atoms with Gasteiger partial charge in [-0.2, -0.15) is 42.3 Å². The molecule has 1 atom stereocenters. The summed E-state index contributed by atoms with van der Waals surface area (Å²) in [6.45, 7) is 27.0. The normalized spacial score (nSPS) is 11.4. The first-order valence-electron chi connectivity index (χ1n) is 19.2. The predicted molar refractivity (Wildman–Crippen MR) is 243 cm³/mol. The van der Waals surface area contributed by atoms with Gasteiger partial charge in [-0.3, -0.25) is 0 Å². The third kappa shape index (κ3) is 12.8. The number of thiophene rings is 1. The molecule has 0 N–H and O–H groups in total. The van der Waals surface area contributed by atoms with Crippen LogP contribution in [0.4, 0.5) is 5.69 Å². The Kier molecular flexibility index (Phi) is 21.9. The fraction of sp³-hybridized carbons (Fsp3) is 0.468. The smallest absolute Gasteiger partial charge is 0.671 e. The summed E-state index contributed by atoms with van der Waals surface area (Å²) in [7, 11) is 12.6. The second-order valence-electron chi connectivity index (χ2n) is 15.3. The fourth-order valence-electron chi connectivity index (χ4n) is 6.60. The molecule has 0 amide bonds. The van der Waals surface area contributed by atoms with Gasteiger partial charge in [0.15, 0.2) is 0 Å². The van der Waals surface area contributed by atoms with Crippen LogP contribution < -0.4 is 0 Å². The minimum absolute atomic E-state index is 0. The minimum atomic E-state index is -0.277. The molecular weight excluding hydrogens is 859 g/mol.